The summed E-state index contributed by atoms with van der Waals surface area (Å²) in [5.74, 6) is 1.24. The summed E-state index contributed by atoms with van der Waals surface area (Å²) in [6.45, 7) is 5.57. The average Bonchev–Trinajstić information content (AvgIpc) is 2.04. The summed E-state index contributed by atoms with van der Waals surface area (Å²) < 4.78 is 21.6. The third-order valence-electron chi connectivity index (χ3n) is 1.17. The molecule has 76 valence electrons. The molecule has 13 heavy (non-hydrogen) atoms. The monoisotopic (exact) mass is 206 g/mol. The van der Waals surface area contributed by atoms with Crippen LogP contribution in [0.4, 0.5) is 0 Å². The number of hydrogen-bond acceptors (Lipinski definition) is 4. The highest BCUT2D eigenvalue weighted by Crippen LogP contribution is 2.50. The van der Waals surface area contributed by atoms with Crippen LogP contribution in [0.3, 0.4) is 0 Å². The molecule has 0 saturated carbocycles. The lowest BCUT2D eigenvalue weighted by Crippen LogP contribution is -1.94. The van der Waals surface area contributed by atoms with Crippen LogP contribution in [-0.4, -0.2) is 19.5 Å². The van der Waals surface area contributed by atoms with Crippen molar-refractivity contribution in [2.24, 2.45) is 0 Å². The van der Waals surface area contributed by atoms with E-state index in [9.17, 15) is 9.36 Å². The Kier molecular flexibility index (Phi) is 5.88. The zero-order valence-electron chi connectivity index (χ0n) is 8.15. The molecule has 0 aliphatic carbocycles. The van der Waals surface area contributed by atoms with Gasteiger partial charge in [-0.25, -0.2) is 0 Å². The summed E-state index contributed by atoms with van der Waals surface area (Å²) in [5.41, 5.74) is 0.352. The first kappa shape index (κ1) is 12.6. The van der Waals surface area contributed by atoms with E-state index < -0.39 is 7.60 Å². The molecule has 0 saturated heterocycles. The molecule has 0 rings (SSSR count). The largest absolute Gasteiger partial charge is 0.354 e. The molecule has 0 radical (unpaired) electrons. The van der Waals surface area contributed by atoms with Gasteiger partial charge in [0, 0.05) is 5.82 Å². The molecule has 0 atom stereocenters. The quantitative estimate of drug-likeness (QED) is 0.380. The number of hydrogen-bond donors (Lipinski definition) is 0. The molecule has 4 nitrogen and oxygen atoms in total. The maximum absolute atomic E-state index is 11.7. The number of aldehydes is 1. The Morgan fingerprint density at radius 2 is 1.77 bits per heavy atom. The van der Waals surface area contributed by atoms with Gasteiger partial charge < -0.3 is 9.05 Å². The van der Waals surface area contributed by atoms with Crippen LogP contribution < -0.4 is 0 Å². The van der Waals surface area contributed by atoms with Gasteiger partial charge in [-0.05, 0) is 26.3 Å². The molecule has 0 fully saturated rings. The summed E-state index contributed by atoms with van der Waals surface area (Å²) >= 11 is 0. The first-order valence-electron chi connectivity index (χ1n) is 4.11. The maximum atomic E-state index is 11.7. The fourth-order valence-corrected chi connectivity index (χ4v) is 2.25. The fourth-order valence-electron chi connectivity index (χ4n) is 0.752. The van der Waals surface area contributed by atoms with Crippen LogP contribution in [0.25, 0.3) is 0 Å². The molecule has 0 aliphatic rings. The minimum absolute atomic E-state index is 0.292. The van der Waals surface area contributed by atoms with Crippen LogP contribution in [-0.2, 0) is 18.4 Å². The van der Waals surface area contributed by atoms with Crippen LogP contribution in [0.5, 0.6) is 0 Å². The van der Waals surface area contributed by atoms with Gasteiger partial charge in [0.25, 0.3) is 0 Å². The molecule has 5 heteroatoms. The molecular weight excluding hydrogens is 191 g/mol. The standard InChI is InChI=1S/C8H15O4P/c1-4-11-13(10,12-5-2)7-8(3)6-9/h6-7H,4-5H2,1-3H3/b8-7+. The van der Waals surface area contributed by atoms with E-state index in [1.807, 2.05) is 0 Å². The van der Waals surface area contributed by atoms with E-state index in [-0.39, 0.29) is 0 Å². The van der Waals surface area contributed by atoms with Gasteiger partial charge >= 0.3 is 7.60 Å². The van der Waals surface area contributed by atoms with Crippen molar-refractivity contribution in [3.05, 3.63) is 11.4 Å². The predicted molar refractivity (Wildman–Crippen MR) is 50.7 cm³/mol. The Morgan fingerprint density at radius 3 is 2.08 bits per heavy atom. The van der Waals surface area contributed by atoms with Crippen molar-refractivity contribution in [3.8, 4) is 0 Å². The van der Waals surface area contributed by atoms with Gasteiger partial charge in [-0.2, -0.15) is 0 Å². The smallest absolute Gasteiger partial charge is 0.306 e. The number of carbonyl (C=O) groups excluding carboxylic acids is 1. The van der Waals surface area contributed by atoms with Gasteiger partial charge in [-0.1, -0.05) is 0 Å². The second kappa shape index (κ2) is 6.08. The lowest BCUT2D eigenvalue weighted by Gasteiger charge is -2.12. The summed E-state index contributed by atoms with van der Waals surface area (Å²) in [6.07, 6.45) is 0.616. The maximum Gasteiger partial charge on any atom is 0.354 e. The molecule has 0 N–H and O–H groups in total. The molecule has 0 unspecified atom stereocenters. The minimum atomic E-state index is -3.19. The first-order chi connectivity index (χ1) is 6.08. The van der Waals surface area contributed by atoms with Crippen molar-refractivity contribution in [2.45, 2.75) is 20.8 Å². The predicted octanol–water partition coefficient (Wildman–Crippen LogP) is 2.36. The van der Waals surface area contributed by atoms with E-state index in [4.69, 9.17) is 9.05 Å². The van der Waals surface area contributed by atoms with E-state index in [0.29, 0.717) is 25.1 Å². The van der Waals surface area contributed by atoms with E-state index >= 15 is 0 Å². The van der Waals surface area contributed by atoms with Crippen molar-refractivity contribution >= 4 is 13.9 Å². The van der Waals surface area contributed by atoms with Gasteiger partial charge in [-0.3, -0.25) is 9.36 Å². The topological polar surface area (TPSA) is 52.6 Å². The van der Waals surface area contributed by atoms with Gasteiger partial charge in [0.2, 0.25) is 0 Å². The Balaban J connectivity index is 4.58. The second-order valence-electron chi connectivity index (χ2n) is 2.37. The molecule has 0 aromatic rings. The second-order valence-corrected chi connectivity index (χ2v) is 4.22. The molecule has 0 aromatic carbocycles. The van der Waals surface area contributed by atoms with Gasteiger partial charge in [0.05, 0.1) is 13.2 Å². The molecule has 0 bridgehead atoms. The van der Waals surface area contributed by atoms with Crippen molar-refractivity contribution in [1.29, 1.82) is 0 Å². The van der Waals surface area contributed by atoms with Gasteiger partial charge in [-0.15, -0.1) is 0 Å². The van der Waals surface area contributed by atoms with Gasteiger partial charge in [0.15, 0.2) is 0 Å². The lowest BCUT2D eigenvalue weighted by molar-refractivity contribution is -0.104. The Bertz CT molecular complexity index is 224. The molecule has 0 heterocycles. The third kappa shape index (κ3) is 4.98. The zero-order valence-corrected chi connectivity index (χ0v) is 9.04. The van der Waals surface area contributed by atoms with Crippen molar-refractivity contribution in [3.63, 3.8) is 0 Å². The number of allylic oxidation sites excluding steroid dienone is 1. The summed E-state index contributed by atoms with van der Waals surface area (Å²) in [4.78, 5) is 10.3. The lowest BCUT2D eigenvalue weighted by atomic mass is 10.4. The first-order valence-corrected chi connectivity index (χ1v) is 5.72. The van der Waals surface area contributed by atoms with Crippen molar-refractivity contribution in [1.82, 2.24) is 0 Å². The summed E-state index contributed by atoms with van der Waals surface area (Å²) in [6, 6.07) is 0. The number of carbonyl (C=O) groups is 1. The number of rotatable bonds is 6. The molecule has 0 aliphatic heterocycles. The summed E-state index contributed by atoms with van der Waals surface area (Å²) in [5, 5.41) is 0. The van der Waals surface area contributed by atoms with E-state index in [0.717, 1.165) is 0 Å². The van der Waals surface area contributed by atoms with Crippen LogP contribution in [0.1, 0.15) is 20.8 Å². The fraction of sp³-hybridized carbons (Fsp3) is 0.625. The SMILES string of the molecule is CCOP(=O)(/C=C(\C)C=O)OCC. The van der Waals surface area contributed by atoms with E-state index in [1.54, 1.807) is 20.8 Å². The molecular formula is C8H15O4P. The van der Waals surface area contributed by atoms with Crippen molar-refractivity contribution in [2.75, 3.05) is 13.2 Å². The van der Waals surface area contributed by atoms with Crippen LogP contribution in [0.15, 0.2) is 11.4 Å². The highest BCUT2D eigenvalue weighted by molar-refractivity contribution is 7.57. The Labute approximate surface area is 78.5 Å². The van der Waals surface area contributed by atoms with Crippen LogP contribution in [0.2, 0.25) is 0 Å². The highest BCUT2D eigenvalue weighted by atomic mass is 31.2. The highest BCUT2D eigenvalue weighted by Gasteiger charge is 2.19. The minimum Gasteiger partial charge on any atom is -0.306 e. The van der Waals surface area contributed by atoms with E-state index in [2.05, 4.69) is 0 Å². The average molecular weight is 206 g/mol. The summed E-state index contributed by atoms with van der Waals surface area (Å²) in [7, 11) is -3.19. The molecule has 0 aromatic heterocycles. The Hall–Kier alpha value is -0.440. The van der Waals surface area contributed by atoms with Crippen LogP contribution in [0, 0.1) is 0 Å². The Morgan fingerprint density at radius 1 is 1.31 bits per heavy atom. The normalized spacial score (nSPS) is 13.0. The third-order valence-corrected chi connectivity index (χ3v) is 3.13. The molecule has 0 amide bonds. The molecule has 0 spiro atoms. The zero-order chi connectivity index (χ0) is 10.3. The van der Waals surface area contributed by atoms with Crippen LogP contribution >= 0.6 is 7.60 Å². The van der Waals surface area contributed by atoms with E-state index in [1.165, 1.54) is 5.82 Å². The van der Waals surface area contributed by atoms with Crippen molar-refractivity contribution < 1.29 is 18.4 Å². The van der Waals surface area contributed by atoms with Gasteiger partial charge in [0.1, 0.15) is 6.29 Å².